The highest BCUT2D eigenvalue weighted by molar-refractivity contribution is 7.98. The molecule has 4 rings (SSSR count). The standard InChI is InChI=1S/C25H24N2O4S/c1-16-9-11-17(12-10-16)15-32-25-26-19-7-5-6-8-20(19)27(25)24(28)18-13-21(29-2)23(31-4)22(14-18)30-3/h5-14H,15H2,1-4H3. The van der Waals surface area contributed by atoms with Crippen LogP contribution in [-0.4, -0.2) is 36.8 Å². The van der Waals surface area contributed by atoms with Gasteiger partial charge in [-0.3, -0.25) is 9.36 Å². The maximum atomic E-state index is 13.7. The maximum absolute atomic E-state index is 13.7. The van der Waals surface area contributed by atoms with Crippen molar-refractivity contribution in [2.75, 3.05) is 21.3 Å². The Bertz CT molecular complexity index is 1240. The highest BCUT2D eigenvalue weighted by Gasteiger charge is 2.22. The molecule has 0 atom stereocenters. The maximum Gasteiger partial charge on any atom is 0.264 e. The van der Waals surface area contributed by atoms with Crippen LogP contribution in [0.4, 0.5) is 0 Å². The Hall–Kier alpha value is -3.45. The minimum Gasteiger partial charge on any atom is -0.493 e. The monoisotopic (exact) mass is 448 g/mol. The molecular weight excluding hydrogens is 424 g/mol. The van der Waals surface area contributed by atoms with Crippen molar-refractivity contribution in [3.8, 4) is 17.2 Å². The first-order valence-corrected chi connectivity index (χ1v) is 11.0. The summed E-state index contributed by atoms with van der Waals surface area (Å²) in [7, 11) is 4.59. The number of methoxy groups -OCH3 is 3. The number of rotatable bonds is 7. The van der Waals surface area contributed by atoms with Crippen LogP contribution in [0, 0.1) is 6.92 Å². The third-order valence-corrected chi connectivity index (χ3v) is 6.14. The minimum atomic E-state index is -0.218. The Morgan fingerprint density at radius 2 is 1.59 bits per heavy atom. The molecule has 1 aromatic heterocycles. The SMILES string of the molecule is COc1cc(C(=O)n2c(SCc3ccc(C)cc3)nc3ccccc32)cc(OC)c1OC. The third kappa shape index (κ3) is 4.16. The zero-order valence-electron chi connectivity index (χ0n) is 18.4. The zero-order chi connectivity index (χ0) is 22.7. The predicted molar refractivity (Wildman–Crippen MR) is 126 cm³/mol. The van der Waals surface area contributed by atoms with Crippen LogP contribution < -0.4 is 14.2 Å². The number of nitrogens with zero attached hydrogens (tertiary/aromatic N) is 2. The van der Waals surface area contributed by atoms with E-state index in [2.05, 4.69) is 31.2 Å². The summed E-state index contributed by atoms with van der Waals surface area (Å²) < 4.78 is 17.9. The van der Waals surface area contributed by atoms with Crippen LogP contribution in [0.1, 0.15) is 21.5 Å². The number of para-hydroxylation sites is 2. The fraction of sp³-hybridized carbons (Fsp3) is 0.200. The van der Waals surface area contributed by atoms with Gasteiger partial charge in [0, 0.05) is 11.3 Å². The van der Waals surface area contributed by atoms with Crippen molar-refractivity contribution in [2.45, 2.75) is 17.8 Å². The molecule has 0 bridgehead atoms. The Morgan fingerprint density at radius 1 is 0.938 bits per heavy atom. The fourth-order valence-electron chi connectivity index (χ4n) is 3.46. The van der Waals surface area contributed by atoms with Crippen molar-refractivity contribution in [3.05, 3.63) is 77.4 Å². The van der Waals surface area contributed by atoms with Crippen molar-refractivity contribution in [2.24, 2.45) is 0 Å². The summed E-state index contributed by atoms with van der Waals surface area (Å²) in [5, 5.41) is 0.630. The highest BCUT2D eigenvalue weighted by atomic mass is 32.2. The molecule has 0 unspecified atom stereocenters. The van der Waals surface area contributed by atoms with Crippen LogP contribution >= 0.6 is 11.8 Å². The Kier molecular flexibility index (Phi) is 6.37. The number of thioether (sulfide) groups is 1. The van der Waals surface area contributed by atoms with Gasteiger partial charge in [0.2, 0.25) is 5.75 Å². The third-order valence-electron chi connectivity index (χ3n) is 5.13. The van der Waals surface area contributed by atoms with Crippen LogP contribution in [0.5, 0.6) is 17.2 Å². The molecule has 0 spiro atoms. The van der Waals surface area contributed by atoms with Crippen molar-refractivity contribution < 1.29 is 19.0 Å². The molecule has 0 saturated heterocycles. The number of aryl methyl sites for hydroxylation is 1. The van der Waals surface area contributed by atoms with E-state index in [0.29, 0.717) is 33.7 Å². The van der Waals surface area contributed by atoms with E-state index in [1.807, 2.05) is 24.3 Å². The van der Waals surface area contributed by atoms with E-state index in [9.17, 15) is 4.79 Å². The number of hydrogen-bond donors (Lipinski definition) is 0. The first-order valence-electron chi connectivity index (χ1n) is 10.1. The van der Waals surface area contributed by atoms with Crippen LogP contribution in [-0.2, 0) is 5.75 Å². The van der Waals surface area contributed by atoms with Gasteiger partial charge in [0.1, 0.15) is 0 Å². The van der Waals surface area contributed by atoms with Crippen LogP contribution in [0.15, 0.2) is 65.8 Å². The van der Waals surface area contributed by atoms with E-state index in [4.69, 9.17) is 19.2 Å². The van der Waals surface area contributed by atoms with E-state index in [1.54, 1.807) is 16.7 Å². The molecule has 0 aliphatic heterocycles. The molecular formula is C25H24N2O4S. The number of benzene rings is 3. The highest BCUT2D eigenvalue weighted by Crippen LogP contribution is 2.39. The summed E-state index contributed by atoms with van der Waals surface area (Å²) in [4.78, 5) is 18.4. The van der Waals surface area contributed by atoms with Gasteiger partial charge in [-0.15, -0.1) is 0 Å². The van der Waals surface area contributed by atoms with Gasteiger partial charge in [0.15, 0.2) is 16.7 Å². The van der Waals surface area contributed by atoms with Crippen molar-refractivity contribution in [3.63, 3.8) is 0 Å². The molecule has 32 heavy (non-hydrogen) atoms. The van der Waals surface area contributed by atoms with Crippen molar-refractivity contribution >= 4 is 28.7 Å². The molecule has 6 nitrogen and oxygen atoms in total. The lowest BCUT2D eigenvalue weighted by Crippen LogP contribution is -2.14. The molecule has 4 aromatic rings. The molecule has 0 amide bonds. The van der Waals surface area contributed by atoms with E-state index in [1.165, 1.54) is 44.2 Å². The van der Waals surface area contributed by atoms with Gasteiger partial charge in [0.05, 0.1) is 32.4 Å². The van der Waals surface area contributed by atoms with E-state index < -0.39 is 0 Å². The summed E-state index contributed by atoms with van der Waals surface area (Å²) in [6.07, 6.45) is 0. The number of imidazole rings is 1. The molecule has 3 aromatic carbocycles. The zero-order valence-corrected chi connectivity index (χ0v) is 19.2. The largest absolute Gasteiger partial charge is 0.493 e. The number of hydrogen-bond acceptors (Lipinski definition) is 6. The van der Waals surface area contributed by atoms with Crippen molar-refractivity contribution in [1.82, 2.24) is 9.55 Å². The van der Waals surface area contributed by atoms with Gasteiger partial charge in [-0.1, -0.05) is 53.7 Å². The molecule has 164 valence electrons. The number of fused-ring (bicyclic) bond motifs is 1. The first-order chi connectivity index (χ1) is 15.5. The minimum absolute atomic E-state index is 0.218. The van der Waals surface area contributed by atoms with Gasteiger partial charge in [-0.25, -0.2) is 4.98 Å². The first kappa shape index (κ1) is 21.8. The molecule has 0 aliphatic carbocycles. The van der Waals surface area contributed by atoms with Crippen LogP contribution in [0.25, 0.3) is 11.0 Å². The number of carbonyl (C=O) groups excluding carboxylic acids is 1. The molecule has 0 N–H and O–H groups in total. The second-order valence-corrected chi connectivity index (χ2v) is 8.15. The molecule has 7 heteroatoms. The summed E-state index contributed by atoms with van der Waals surface area (Å²) >= 11 is 1.53. The smallest absolute Gasteiger partial charge is 0.264 e. The van der Waals surface area contributed by atoms with E-state index >= 15 is 0 Å². The quantitative estimate of drug-likeness (QED) is 0.355. The van der Waals surface area contributed by atoms with Gasteiger partial charge >= 0.3 is 0 Å². The second kappa shape index (κ2) is 9.36. The van der Waals surface area contributed by atoms with Gasteiger partial charge in [-0.2, -0.15) is 0 Å². The average Bonchev–Trinajstić information content (AvgIpc) is 3.20. The summed E-state index contributed by atoms with van der Waals surface area (Å²) in [5.41, 5.74) is 4.31. The lowest BCUT2D eigenvalue weighted by Gasteiger charge is -2.14. The topological polar surface area (TPSA) is 62.6 Å². The summed E-state index contributed by atoms with van der Waals surface area (Å²) in [5.74, 6) is 1.77. The van der Waals surface area contributed by atoms with Gasteiger partial charge in [0.25, 0.3) is 5.91 Å². The Morgan fingerprint density at radius 3 is 2.22 bits per heavy atom. The van der Waals surface area contributed by atoms with E-state index in [-0.39, 0.29) is 5.91 Å². The lowest BCUT2D eigenvalue weighted by molar-refractivity contribution is 0.0954. The molecule has 1 heterocycles. The number of ether oxygens (including phenoxy) is 3. The average molecular weight is 449 g/mol. The normalized spacial score (nSPS) is 10.9. The molecule has 0 fully saturated rings. The number of carbonyl (C=O) groups is 1. The Labute approximate surface area is 191 Å². The van der Waals surface area contributed by atoms with Crippen LogP contribution in [0.2, 0.25) is 0 Å². The van der Waals surface area contributed by atoms with E-state index in [0.717, 1.165) is 11.0 Å². The van der Waals surface area contributed by atoms with Crippen LogP contribution in [0.3, 0.4) is 0 Å². The number of aromatic nitrogens is 2. The van der Waals surface area contributed by atoms with Crippen molar-refractivity contribution in [1.29, 1.82) is 0 Å². The predicted octanol–water partition coefficient (Wildman–Crippen LogP) is 5.35. The fourth-order valence-corrected chi connectivity index (χ4v) is 4.42. The second-order valence-electron chi connectivity index (χ2n) is 7.21. The molecule has 0 radical (unpaired) electrons. The molecule has 0 saturated carbocycles. The Balaban J connectivity index is 1.77. The summed E-state index contributed by atoms with van der Waals surface area (Å²) in [6.45, 7) is 2.06. The molecule has 0 aliphatic rings. The summed E-state index contributed by atoms with van der Waals surface area (Å²) in [6, 6.07) is 19.3. The van der Waals surface area contributed by atoms with Gasteiger partial charge in [-0.05, 0) is 36.8 Å². The van der Waals surface area contributed by atoms with Gasteiger partial charge < -0.3 is 14.2 Å². The lowest BCUT2D eigenvalue weighted by atomic mass is 10.1.